The summed E-state index contributed by atoms with van der Waals surface area (Å²) >= 11 is 0. The summed E-state index contributed by atoms with van der Waals surface area (Å²) in [7, 11) is 0. The molecule has 0 bridgehead atoms. The molecule has 0 aromatic heterocycles. The molecule has 0 aliphatic carbocycles. The first-order valence-electron chi connectivity index (χ1n) is 7.17. The quantitative estimate of drug-likeness (QED) is 0.897. The lowest BCUT2D eigenvalue weighted by Crippen LogP contribution is -2.03. The molecule has 2 rings (SSSR count). The lowest BCUT2D eigenvalue weighted by molar-refractivity contribution is 0.958. The highest BCUT2D eigenvalue weighted by Crippen LogP contribution is 2.06. The molecule has 0 heterocycles. The van der Waals surface area contributed by atoms with Crippen LogP contribution in [0.25, 0.3) is 0 Å². The monoisotopic (exact) mass is 270 g/mol. The Kier molecular flexibility index (Phi) is 7.63. The summed E-state index contributed by atoms with van der Waals surface area (Å²) in [6.07, 6.45) is 1.98. The molecule has 0 aliphatic heterocycles. The van der Waals surface area contributed by atoms with E-state index in [9.17, 15) is 0 Å². The van der Waals surface area contributed by atoms with Crippen LogP contribution in [0.5, 0.6) is 0 Å². The predicted octanol–water partition coefficient (Wildman–Crippen LogP) is 2.99. The van der Waals surface area contributed by atoms with Gasteiger partial charge < -0.3 is 11.5 Å². The summed E-state index contributed by atoms with van der Waals surface area (Å²) in [4.78, 5) is 0. The van der Waals surface area contributed by atoms with Gasteiger partial charge in [0.05, 0.1) is 0 Å². The SMILES string of the molecule is Cc1cccc(CCN)c1.Cc1ccccc1CCN. The maximum Gasteiger partial charge on any atom is -0.00366 e. The molecule has 0 radical (unpaired) electrons. The van der Waals surface area contributed by atoms with E-state index in [2.05, 4.69) is 62.4 Å². The van der Waals surface area contributed by atoms with Gasteiger partial charge in [0.25, 0.3) is 0 Å². The van der Waals surface area contributed by atoms with Crippen LogP contribution < -0.4 is 11.5 Å². The first-order valence-corrected chi connectivity index (χ1v) is 7.17. The van der Waals surface area contributed by atoms with E-state index in [0.717, 1.165) is 25.9 Å². The minimum atomic E-state index is 0.740. The van der Waals surface area contributed by atoms with Gasteiger partial charge >= 0.3 is 0 Å². The fourth-order valence-corrected chi connectivity index (χ4v) is 2.08. The summed E-state index contributed by atoms with van der Waals surface area (Å²) in [6.45, 7) is 5.69. The number of nitrogens with two attached hydrogens (primary N) is 2. The topological polar surface area (TPSA) is 52.0 Å². The van der Waals surface area contributed by atoms with E-state index in [1.807, 2.05) is 0 Å². The van der Waals surface area contributed by atoms with Crippen LogP contribution in [-0.2, 0) is 12.8 Å². The largest absolute Gasteiger partial charge is 0.330 e. The molecule has 0 fully saturated rings. The fourth-order valence-electron chi connectivity index (χ4n) is 2.08. The summed E-state index contributed by atoms with van der Waals surface area (Å²) in [6, 6.07) is 16.8. The molecule has 0 aliphatic rings. The zero-order valence-electron chi connectivity index (χ0n) is 12.6. The molecule has 2 aromatic rings. The summed E-state index contributed by atoms with van der Waals surface area (Å²) in [5.41, 5.74) is 16.2. The van der Waals surface area contributed by atoms with Crippen molar-refractivity contribution in [3.05, 3.63) is 70.8 Å². The number of rotatable bonds is 4. The van der Waals surface area contributed by atoms with Gasteiger partial charge in [0.2, 0.25) is 0 Å². The van der Waals surface area contributed by atoms with Crippen LogP contribution >= 0.6 is 0 Å². The molecule has 4 N–H and O–H groups in total. The maximum atomic E-state index is 5.43. The lowest BCUT2D eigenvalue weighted by Gasteiger charge is -2.01. The Morgan fingerprint density at radius 3 is 2.10 bits per heavy atom. The molecule has 2 aromatic carbocycles. The fraction of sp³-hybridized carbons (Fsp3) is 0.333. The van der Waals surface area contributed by atoms with Crippen LogP contribution in [0.15, 0.2) is 48.5 Å². The molecule has 2 heteroatoms. The van der Waals surface area contributed by atoms with E-state index in [-0.39, 0.29) is 0 Å². The molecule has 108 valence electrons. The van der Waals surface area contributed by atoms with Gasteiger partial charge in [-0.05, 0) is 56.5 Å². The van der Waals surface area contributed by atoms with Crippen molar-refractivity contribution in [2.75, 3.05) is 13.1 Å². The van der Waals surface area contributed by atoms with Crippen molar-refractivity contribution in [1.29, 1.82) is 0 Å². The number of benzene rings is 2. The Labute approximate surface area is 122 Å². The number of hydrogen-bond acceptors (Lipinski definition) is 2. The molecular formula is C18H26N2. The minimum Gasteiger partial charge on any atom is -0.330 e. The third-order valence-corrected chi connectivity index (χ3v) is 3.19. The Balaban J connectivity index is 0.000000200. The lowest BCUT2D eigenvalue weighted by atomic mass is 10.1. The Morgan fingerprint density at radius 2 is 1.50 bits per heavy atom. The van der Waals surface area contributed by atoms with Crippen molar-refractivity contribution >= 4 is 0 Å². The van der Waals surface area contributed by atoms with E-state index < -0.39 is 0 Å². The highest BCUT2D eigenvalue weighted by molar-refractivity contribution is 5.25. The van der Waals surface area contributed by atoms with Gasteiger partial charge in [0.1, 0.15) is 0 Å². The van der Waals surface area contributed by atoms with Crippen LogP contribution in [-0.4, -0.2) is 13.1 Å². The van der Waals surface area contributed by atoms with E-state index in [1.54, 1.807) is 0 Å². The molecule has 0 atom stereocenters. The van der Waals surface area contributed by atoms with E-state index >= 15 is 0 Å². The molecule has 0 amide bonds. The van der Waals surface area contributed by atoms with Gasteiger partial charge in [0, 0.05) is 0 Å². The highest BCUT2D eigenvalue weighted by atomic mass is 14.5. The van der Waals surface area contributed by atoms with Gasteiger partial charge in [-0.3, -0.25) is 0 Å². The van der Waals surface area contributed by atoms with Gasteiger partial charge in [-0.15, -0.1) is 0 Å². The van der Waals surface area contributed by atoms with Gasteiger partial charge in [-0.25, -0.2) is 0 Å². The minimum absolute atomic E-state index is 0.740. The average Bonchev–Trinajstić information content (AvgIpc) is 2.43. The standard InChI is InChI=1S/2C9H13N/c1-8-3-2-4-9(7-8)5-6-10;1-8-4-2-3-5-9(8)6-7-10/h2-4,7H,5-6,10H2,1H3;2-5H,6-7,10H2,1H3. The van der Waals surface area contributed by atoms with Crippen LogP contribution in [0.3, 0.4) is 0 Å². The van der Waals surface area contributed by atoms with Crippen molar-refractivity contribution in [2.45, 2.75) is 26.7 Å². The molecule has 2 nitrogen and oxygen atoms in total. The van der Waals surface area contributed by atoms with Gasteiger partial charge in [0.15, 0.2) is 0 Å². The van der Waals surface area contributed by atoms with Crippen molar-refractivity contribution in [3.63, 3.8) is 0 Å². The van der Waals surface area contributed by atoms with Crippen LogP contribution in [0.2, 0.25) is 0 Å². The number of aryl methyl sites for hydroxylation is 2. The first-order chi connectivity index (χ1) is 9.67. The van der Waals surface area contributed by atoms with E-state index in [4.69, 9.17) is 11.5 Å². The van der Waals surface area contributed by atoms with E-state index in [1.165, 1.54) is 22.3 Å². The van der Waals surface area contributed by atoms with Crippen molar-refractivity contribution < 1.29 is 0 Å². The first kappa shape index (κ1) is 16.4. The second-order valence-electron chi connectivity index (χ2n) is 4.99. The van der Waals surface area contributed by atoms with Gasteiger partial charge in [-0.1, -0.05) is 54.1 Å². The molecule has 20 heavy (non-hydrogen) atoms. The normalized spacial score (nSPS) is 9.80. The Morgan fingerprint density at radius 1 is 0.800 bits per heavy atom. The summed E-state index contributed by atoms with van der Waals surface area (Å²) in [5.74, 6) is 0. The third kappa shape index (κ3) is 6.00. The zero-order valence-corrected chi connectivity index (χ0v) is 12.6. The highest BCUT2D eigenvalue weighted by Gasteiger charge is 1.92. The van der Waals surface area contributed by atoms with Crippen molar-refractivity contribution in [2.24, 2.45) is 11.5 Å². The zero-order chi connectivity index (χ0) is 14.8. The predicted molar refractivity (Wildman–Crippen MR) is 87.9 cm³/mol. The van der Waals surface area contributed by atoms with Crippen LogP contribution in [0, 0.1) is 13.8 Å². The Bertz CT molecular complexity index is 506. The third-order valence-electron chi connectivity index (χ3n) is 3.19. The second-order valence-corrected chi connectivity index (χ2v) is 4.99. The smallest absolute Gasteiger partial charge is 0.00366 e. The summed E-state index contributed by atoms with van der Waals surface area (Å²) in [5, 5.41) is 0. The van der Waals surface area contributed by atoms with Crippen molar-refractivity contribution in [1.82, 2.24) is 0 Å². The molecule has 0 saturated carbocycles. The van der Waals surface area contributed by atoms with Gasteiger partial charge in [-0.2, -0.15) is 0 Å². The summed E-state index contributed by atoms with van der Waals surface area (Å²) < 4.78 is 0. The Hall–Kier alpha value is -1.64. The van der Waals surface area contributed by atoms with Crippen LogP contribution in [0.1, 0.15) is 22.3 Å². The molecule has 0 saturated heterocycles. The van der Waals surface area contributed by atoms with Crippen molar-refractivity contribution in [3.8, 4) is 0 Å². The second kappa shape index (κ2) is 9.29. The molecule has 0 spiro atoms. The average molecular weight is 270 g/mol. The molecular weight excluding hydrogens is 244 g/mol. The van der Waals surface area contributed by atoms with Crippen LogP contribution in [0.4, 0.5) is 0 Å². The maximum absolute atomic E-state index is 5.43. The number of hydrogen-bond donors (Lipinski definition) is 2. The molecule has 0 unspecified atom stereocenters. The van der Waals surface area contributed by atoms with E-state index in [0.29, 0.717) is 0 Å².